The minimum atomic E-state index is 0.130. The largest absolute Gasteiger partial charge is 0.710 e. The van der Waals surface area contributed by atoms with Gasteiger partial charge in [0.1, 0.15) is 12.8 Å². The van der Waals surface area contributed by atoms with Crippen molar-refractivity contribution in [3.05, 3.63) is 23.8 Å². The van der Waals surface area contributed by atoms with Crippen LogP contribution in [0.1, 0.15) is 0 Å². The second kappa shape index (κ2) is 4.01. The molecule has 0 fully saturated rings. The average Bonchev–Trinajstić information content (AvgIpc) is 2.27. The zero-order valence-corrected chi connectivity index (χ0v) is 7.83. The third kappa shape index (κ3) is 1.91. The number of ether oxygens (including phenoxy) is 1. The molecule has 2 aromatic rings. The van der Waals surface area contributed by atoms with E-state index < -0.39 is 0 Å². The first kappa shape index (κ1) is 9.53. The summed E-state index contributed by atoms with van der Waals surface area (Å²) in [5.74, 6) is 0. The van der Waals surface area contributed by atoms with Gasteiger partial charge in [-0.05, 0) is 0 Å². The smallest absolute Gasteiger partial charge is 0.434 e. The maximum absolute atomic E-state index is 11.3. The number of aromatic nitrogens is 4. The number of hydrogen-bond donors (Lipinski definition) is 1. The van der Waals surface area contributed by atoms with Gasteiger partial charge in [-0.2, -0.15) is 4.98 Å². The summed E-state index contributed by atoms with van der Waals surface area (Å²) in [6.07, 6.45) is 4.09. The van der Waals surface area contributed by atoms with Crippen LogP contribution in [0.3, 0.4) is 0 Å². The Morgan fingerprint density at radius 1 is 1.47 bits per heavy atom. The van der Waals surface area contributed by atoms with Crippen LogP contribution in [0.5, 0.6) is 6.01 Å². The lowest BCUT2D eigenvalue weighted by molar-refractivity contribution is -0.579. The van der Waals surface area contributed by atoms with E-state index in [2.05, 4.69) is 15.0 Å². The van der Waals surface area contributed by atoms with Crippen molar-refractivity contribution in [1.29, 1.82) is 0 Å². The Morgan fingerprint density at radius 2 is 2.33 bits per heavy atom. The molecule has 0 aromatic carbocycles. The predicted molar refractivity (Wildman–Crippen MR) is 50.8 cm³/mol. The van der Waals surface area contributed by atoms with E-state index in [9.17, 15) is 5.21 Å². The molecule has 0 aliphatic rings. The number of rotatable bonds is 3. The van der Waals surface area contributed by atoms with Crippen LogP contribution < -0.4 is 15.2 Å². The van der Waals surface area contributed by atoms with Gasteiger partial charge in [-0.1, -0.05) is 0 Å². The van der Waals surface area contributed by atoms with Gasteiger partial charge < -0.3 is 15.7 Å². The number of nitrogens with zero attached hydrogens (tertiary/aromatic N) is 4. The van der Waals surface area contributed by atoms with Crippen molar-refractivity contribution in [3.8, 4) is 6.01 Å². The molecule has 0 atom stereocenters. The third-order valence-electron chi connectivity index (χ3n) is 1.70. The van der Waals surface area contributed by atoms with Gasteiger partial charge in [-0.15, -0.1) is 0 Å². The Balaban J connectivity index is 2.41. The first-order valence-electron chi connectivity index (χ1n) is 4.35. The molecule has 0 aliphatic carbocycles. The van der Waals surface area contributed by atoms with E-state index in [0.29, 0.717) is 23.4 Å². The molecule has 0 amide bonds. The van der Waals surface area contributed by atoms with Gasteiger partial charge in [0, 0.05) is 11.5 Å². The van der Waals surface area contributed by atoms with Gasteiger partial charge >= 0.3 is 11.7 Å². The van der Waals surface area contributed by atoms with Crippen molar-refractivity contribution in [3.63, 3.8) is 0 Å². The molecule has 0 spiro atoms. The van der Waals surface area contributed by atoms with Crippen LogP contribution in [0, 0.1) is 5.21 Å². The van der Waals surface area contributed by atoms with E-state index in [1.165, 1.54) is 18.6 Å². The van der Waals surface area contributed by atoms with Crippen LogP contribution >= 0.6 is 0 Å². The van der Waals surface area contributed by atoms with Gasteiger partial charge in [0.15, 0.2) is 5.52 Å². The van der Waals surface area contributed by atoms with Crippen molar-refractivity contribution in [2.45, 2.75) is 0 Å². The molecule has 15 heavy (non-hydrogen) atoms. The maximum atomic E-state index is 11.3. The Labute approximate surface area is 85.1 Å². The molecule has 0 bridgehead atoms. The lowest BCUT2D eigenvalue weighted by atomic mass is 10.5. The SMILES string of the molecule is NCCOc1ncc2ncc[n+]([O-])c2n1. The van der Waals surface area contributed by atoms with Gasteiger partial charge in [-0.25, -0.2) is 9.71 Å². The number of fused-ring (bicyclic) bond motifs is 1. The quantitative estimate of drug-likeness (QED) is 0.511. The maximum Gasteiger partial charge on any atom is 0.434 e. The molecular formula is C8H9N5O2. The fourth-order valence-electron chi connectivity index (χ4n) is 1.07. The molecule has 2 aromatic heterocycles. The summed E-state index contributed by atoms with van der Waals surface area (Å²) in [4.78, 5) is 11.7. The van der Waals surface area contributed by atoms with Gasteiger partial charge in [0.25, 0.3) is 0 Å². The summed E-state index contributed by atoms with van der Waals surface area (Å²) < 4.78 is 5.70. The zero-order chi connectivity index (χ0) is 10.7. The fraction of sp³-hybridized carbons (Fsp3) is 0.250. The molecule has 0 saturated heterocycles. The van der Waals surface area contributed by atoms with E-state index >= 15 is 0 Å². The van der Waals surface area contributed by atoms with Crippen LogP contribution in [0.2, 0.25) is 0 Å². The Morgan fingerprint density at radius 3 is 3.13 bits per heavy atom. The molecule has 78 valence electrons. The van der Waals surface area contributed by atoms with Crippen molar-refractivity contribution < 1.29 is 9.47 Å². The standard InChI is InChI=1S/C8H9N5O2/c9-1-4-15-8-11-5-6-7(12-8)13(14)3-2-10-6/h2-3,5H,1,4,9H2. The highest BCUT2D eigenvalue weighted by atomic mass is 16.5. The molecule has 0 radical (unpaired) electrons. The molecular weight excluding hydrogens is 198 g/mol. The van der Waals surface area contributed by atoms with E-state index in [1.54, 1.807) is 0 Å². The topological polar surface area (TPSA) is 101 Å². The second-order valence-corrected chi connectivity index (χ2v) is 2.75. The highest BCUT2D eigenvalue weighted by Gasteiger charge is 2.11. The van der Waals surface area contributed by atoms with Crippen molar-refractivity contribution in [2.75, 3.05) is 13.2 Å². The molecule has 0 aliphatic heterocycles. The Bertz CT molecular complexity index is 476. The first-order chi connectivity index (χ1) is 7.31. The zero-order valence-electron chi connectivity index (χ0n) is 7.83. The molecule has 2 heterocycles. The van der Waals surface area contributed by atoms with Crippen LogP contribution in [0.4, 0.5) is 0 Å². The van der Waals surface area contributed by atoms with E-state index in [0.717, 1.165) is 0 Å². The molecule has 2 rings (SSSR count). The van der Waals surface area contributed by atoms with Gasteiger partial charge in [0.05, 0.1) is 12.4 Å². The molecule has 2 N–H and O–H groups in total. The summed E-state index contributed by atoms with van der Waals surface area (Å²) in [6.45, 7) is 0.677. The van der Waals surface area contributed by atoms with Crippen molar-refractivity contribution in [2.24, 2.45) is 5.73 Å². The lowest BCUT2D eigenvalue weighted by Crippen LogP contribution is -2.28. The lowest BCUT2D eigenvalue weighted by Gasteiger charge is -2.02. The number of nitrogens with two attached hydrogens (primary N) is 1. The fourth-order valence-corrected chi connectivity index (χ4v) is 1.07. The minimum Gasteiger partial charge on any atom is -0.710 e. The van der Waals surface area contributed by atoms with E-state index in [1.807, 2.05) is 0 Å². The highest BCUT2D eigenvalue weighted by Crippen LogP contribution is 2.06. The Kier molecular flexibility index (Phi) is 2.55. The highest BCUT2D eigenvalue weighted by molar-refractivity contribution is 5.64. The predicted octanol–water partition coefficient (Wildman–Crippen LogP) is -1.00. The van der Waals surface area contributed by atoms with Crippen LogP contribution in [-0.2, 0) is 0 Å². The van der Waals surface area contributed by atoms with Crippen LogP contribution in [0.25, 0.3) is 11.2 Å². The molecule has 7 heteroatoms. The van der Waals surface area contributed by atoms with Crippen molar-refractivity contribution in [1.82, 2.24) is 15.0 Å². The minimum absolute atomic E-state index is 0.130. The Hall–Kier alpha value is -2.02. The average molecular weight is 207 g/mol. The van der Waals surface area contributed by atoms with Crippen LogP contribution in [-0.4, -0.2) is 28.1 Å². The summed E-state index contributed by atoms with van der Waals surface area (Å²) in [5.41, 5.74) is 5.86. The van der Waals surface area contributed by atoms with Gasteiger partial charge in [0.2, 0.25) is 0 Å². The molecule has 0 saturated carbocycles. The first-order valence-corrected chi connectivity index (χ1v) is 4.35. The third-order valence-corrected chi connectivity index (χ3v) is 1.70. The molecule has 0 unspecified atom stereocenters. The molecule has 7 nitrogen and oxygen atoms in total. The summed E-state index contributed by atoms with van der Waals surface area (Å²) in [6, 6.07) is 0.130. The summed E-state index contributed by atoms with van der Waals surface area (Å²) >= 11 is 0. The monoisotopic (exact) mass is 207 g/mol. The second-order valence-electron chi connectivity index (χ2n) is 2.75. The normalized spacial score (nSPS) is 10.5. The van der Waals surface area contributed by atoms with Gasteiger partial charge in [-0.3, -0.25) is 0 Å². The van der Waals surface area contributed by atoms with Crippen molar-refractivity contribution >= 4 is 11.2 Å². The summed E-state index contributed by atoms with van der Waals surface area (Å²) in [7, 11) is 0. The van der Waals surface area contributed by atoms with Crippen LogP contribution in [0.15, 0.2) is 18.6 Å². The van der Waals surface area contributed by atoms with E-state index in [-0.39, 0.29) is 11.7 Å². The van der Waals surface area contributed by atoms with E-state index in [4.69, 9.17) is 10.5 Å². The number of hydrogen-bond acceptors (Lipinski definition) is 6. The summed E-state index contributed by atoms with van der Waals surface area (Å²) in [5, 5.41) is 11.3.